The van der Waals surface area contributed by atoms with E-state index in [2.05, 4.69) is 31.9 Å². The fourth-order valence-corrected chi connectivity index (χ4v) is 3.52. The summed E-state index contributed by atoms with van der Waals surface area (Å²) in [6.07, 6.45) is 4.89. The van der Waals surface area contributed by atoms with Crippen LogP contribution in [-0.2, 0) is 10.3 Å². The summed E-state index contributed by atoms with van der Waals surface area (Å²) in [5, 5.41) is 8.56. The summed E-state index contributed by atoms with van der Waals surface area (Å²) < 4.78 is 7.61. The van der Waals surface area contributed by atoms with E-state index in [1.165, 1.54) is 0 Å². The van der Waals surface area contributed by atoms with E-state index in [9.17, 15) is 4.79 Å². The SMILES string of the molecule is CC(C)(C)OC(=O)N1CCC(C)(n2[nH]nc3cnc4nccc4c32)CC1. The minimum absolute atomic E-state index is 0.168. The molecule has 3 aromatic rings. The number of piperidine rings is 1. The van der Waals surface area contributed by atoms with Crippen molar-refractivity contribution in [3.05, 3.63) is 18.5 Å². The van der Waals surface area contributed by atoms with Crippen molar-refractivity contribution >= 4 is 28.2 Å². The van der Waals surface area contributed by atoms with Crippen molar-refractivity contribution in [1.82, 2.24) is 29.9 Å². The lowest BCUT2D eigenvalue weighted by Crippen LogP contribution is -2.48. The van der Waals surface area contributed by atoms with Crippen LogP contribution >= 0.6 is 0 Å². The van der Waals surface area contributed by atoms with Gasteiger partial charge in [0, 0.05) is 24.7 Å². The molecule has 0 unspecified atom stereocenters. The second kappa shape index (κ2) is 5.69. The number of rotatable bonds is 1. The minimum Gasteiger partial charge on any atom is -0.444 e. The van der Waals surface area contributed by atoms with E-state index in [4.69, 9.17) is 4.74 Å². The number of H-pyrrole nitrogens is 1. The van der Waals surface area contributed by atoms with E-state index < -0.39 is 5.60 Å². The highest BCUT2D eigenvalue weighted by Gasteiger charge is 2.36. The van der Waals surface area contributed by atoms with Crippen molar-refractivity contribution in [3.8, 4) is 0 Å². The largest absolute Gasteiger partial charge is 0.444 e. The van der Waals surface area contributed by atoms with Gasteiger partial charge < -0.3 is 9.64 Å². The summed E-state index contributed by atoms with van der Waals surface area (Å²) >= 11 is 0. The highest BCUT2D eigenvalue weighted by molar-refractivity contribution is 6.00. The molecule has 3 aromatic heterocycles. The van der Waals surface area contributed by atoms with Gasteiger partial charge in [-0.3, -0.25) is 4.68 Å². The van der Waals surface area contributed by atoms with Gasteiger partial charge in [0.2, 0.25) is 0 Å². The normalized spacial score (nSPS) is 17.8. The molecule has 1 aliphatic heterocycles. The van der Waals surface area contributed by atoms with Crippen LogP contribution in [0.4, 0.5) is 4.79 Å². The first-order valence-corrected chi connectivity index (χ1v) is 8.92. The first kappa shape index (κ1) is 16.8. The fraction of sp³-hybridized carbons (Fsp3) is 0.556. The third-order valence-corrected chi connectivity index (χ3v) is 5.01. The molecule has 0 saturated carbocycles. The van der Waals surface area contributed by atoms with Crippen molar-refractivity contribution in [3.63, 3.8) is 0 Å². The molecule has 1 fully saturated rings. The zero-order chi connectivity index (χ0) is 18.5. The maximum absolute atomic E-state index is 12.3. The Morgan fingerprint density at radius 2 is 2.00 bits per heavy atom. The lowest BCUT2D eigenvalue weighted by atomic mass is 9.89. The number of carbonyl (C=O) groups is 1. The van der Waals surface area contributed by atoms with Crippen molar-refractivity contribution in [2.45, 2.75) is 51.7 Å². The lowest BCUT2D eigenvalue weighted by molar-refractivity contribution is 0.0123. The first-order chi connectivity index (χ1) is 12.3. The number of nitrogens with one attached hydrogen (secondary N) is 1. The number of hydrogen-bond acceptors (Lipinski definition) is 5. The number of pyridine rings is 1. The van der Waals surface area contributed by atoms with Crippen molar-refractivity contribution < 1.29 is 9.53 Å². The molecule has 0 radical (unpaired) electrons. The van der Waals surface area contributed by atoms with Gasteiger partial charge in [-0.05, 0) is 46.6 Å². The summed E-state index contributed by atoms with van der Waals surface area (Å²) in [5.41, 5.74) is 1.92. The Balaban J connectivity index is 1.61. The molecule has 4 rings (SSSR count). The van der Waals surface area contributed by atoms with Gasteiger partial charge in [-0.25, -0.2) is 20.0 Å². The van der Waals surface area contributed by atoms with Gasteiger partial charge >= 0.3 is 6.09 Å². The number of carbonyl (C=O) groups excluding carboxylic acids is 1. The van der Waals surface area contributed by atoms with Crippen LogP contribution in [0.5, 0.6) is 0 Å². The van der Waals surface area contributed by atoms with Crippen molar-refractivity contribution in [1.29, 1.82) is 0 Å². The average Bonchev–Trinajstić information content (AvgIpc) is 3.20. The Kier molecular flexibility index (Phi) is 3.68. The Morgan fingerprint density at radius 3 is 2.69 bits per heavy atom. The molecular weight excluding hydrogens is 332 g/mol. The van der Waals surface area contributed by atoms with Gasteiger partial charge in [0.05, 0.1) is 17.3 Å². The second-order valence-electron chi connectivity index (χ2n) is 8.19. The molecule has 26 heavy (non-hydrogen) atoms. The molecule has 138 valence electrons. The zero-order valence-electron chi connectivity index (χ0n) is 15.6. The molecule has 1 N–H and O–H groups in total. The zero-order valence-corrected chi connectivity index (χ0v) is 15.6. The van der Waals surface area contributed by atoms with E-state index in [1.54, 1.807) is 17.3 Å². The van der Waals surface area contributed by atoms with E-state index in [0.717, 1.165) is 34.9 Å². The Labute approximate surface area is 151 Å². The Hall–Kier alpha value is -2.64. The minimum atomic E-state index is -0.477. The standard InChI is InChI=1S/C18H24N6O2/c1-17(2,3)26-16(25)23-9-6-18(4,7-10-23)24-14-12-5-8-19-15(12)20-11-13(14)21-22-24/h5,8,11,22H,6-7,9-10H2,1-4H3. The predicted molar refractivity (Wildman–Crippen MR) is 97.9 cm³/mol. The van der Waals surface area contributed by atoms with Crippen LogP contribution < -0.4 is 0 Å². The predicted octanol–water partition coefficient (Wildman–Crippen LogP) is 3.05. The third-order valence-electron chi connectivity index (χ3n) is 5.01. The number of aromatic nitrogens is 5. The van der Waals surface area contributed by atoms with Gasteiger partial charge in [-0.15, -0.1) is 0 Å². The van der Waals surface area contributed by atoms with E-state index in [0.29, 0.717) is 13.1 Å². The molecule has 1 saturated heterocycles. The number of amides is 1. The molecule has 0 aromatic carbocycles. The van der Waals surface area contributed by atoms with Gasteiger partial charge in [-0.1, -0.05) is 0 Å². The average molecular weight is 356 g/mol. The molecule has 1 amide bonds. The molecule has 1 aliphatic rings. The molecule has 0 atom stereocenters. The van der Waals surface area contributed by atoms with Crippen molar-refractivity contribution in [2.75, 3.05) is 13.1 Å². The number of fused-ring (bicyclic) bond motifs is 3. The number of nitrogens with zero attached hydrogens (tertiary/aromatic N) is 5. The summed E-state index contributed by atoms with van der Waals surface area (Å²) in [4.78, 5) is 22.7. The summed E-state index contributed by atoms with van der Waals surface area (Å²) in [5.74, 6) is 0. The van der Waals surface area contributed by atoms with Crippen LogP contribution in [0.2, 0.25) is 0 Å². The summed E-state index contributed by atoms with van der Waals surface area (Å²) in [6.45, 7) is 9.15. The highest BCUT2D eigenvalue weighted by Crippen LogP contribution is 2.34. The monoisotopic (exact) mass is 356 g/mol. The molecule has 0 bridgehead atoms. The number of hydrogen-bond donors (Lipinski definition) is 1. The number of ether oxygens (including phenoxy) is 1. The highest BCUT2D eigenvalue weighted by atomic mass is 16.6. The van der Waals surface area contributed by atoms with Crippen LogP contribution in [-0.4, -0.2) is 54.6 Å². The van der Waals surface area contributed by atoms with Crippen LogP contribution in [0.25, 0.3) is 22.1 Å². The van der Waals surface area contributed by atoms with Gasteiger partial charge in [0.15, 0.2) is 5.65 Å². The smallest absolute Gasteiger partial charge is 0.410 e. The van der Waals surface area contributed by atoms with Crippen LogP contribution in [0.3, 0.4) is 0 Å². The Morgan fingerprint density at radius 1 is 1.27 bits per heavy atom. The molecule has 8 nitrogen and oxygen atoms in total. The van der Waals surface area contributed by atoms with Crippen LogP contribution in [0.1, 0.15) is 40.5 Å². The third kappa shape index (κ3) is 2.79. The van der Waals surface area contributed by atoms with Crippen LogP contribution in [0, 0.1) is 0 Å². The molecule has 0 aliphatic carbocycles. The first-order valence-electron chi connectivity index (χ1n) is 8.92. The Bertz CT molecular complexity index is 959. The van der Waals surface area contributed by atoms with Gasteiger partial charge in [0.25, 0.3) is 0 Å². The van der Waals surface area contributed by atoms with Gasteiger partial charge in [-0.2, -0.15) is 5.10 Å². The van der Waals surface area contributed by atoms with E-state index >= 15 is 0 Å². The van der Waals surface area contributed by atoms with Crippen molar-refractivity contribution in [2.24, 2.45) is 0 Å². The quantitative estimate of drug-likeness (QED) is 0.724. The molecular formula is C18H24N6O2. The maximum Gasteiger partial charge on any atom is 0.410 e. The van der Waals surface area contributed by atoms with E-state index in [1.807, 2.05) is 26.8 Å². The fourth-order valence-electron chi connectivity index (χ4n) is 3.52. The summed E-state index contributed by atoms with van der Waals surface area (Å²) in [7, 11) is 0. The summed E-state index contributed by atoms with van der Waals surface area (Å²) in [6, 6.07) is 1.97. The maximum atomic E-state index is 12.3. The van der Waals surface area contributed by atoms with E-state index in [-0.39, 0.29) is 11.6 Å². The second-order valence-corrected chi connectivity index (χ2v) is 8.19. The topological polar surface area (TPSA) is 88.9 Å². The van der Waals surface area contributed by atoms with Gasteiger partial charge in [0.1, 0.15) is 11.1 Å². The molecule has 0 spiro atoms. The number of likely N-dealkylation sites (tertiary alicyclic amines) is 1. The molecule has 8 heteroatoms. The van der Waals surface area contributed by atoms with Crippen LogP contribution in [0.15, 0.2) is 18.5 Å². The molecule has 4 heterocycles. The number of aromatic amines is 1. The lowest BCUT2D eigenvalue weighted by Gasteiger charge is -2.40.